The SMILES string of the molecule is Cc1cc(C(C)(C)C)cc(Br)c1C(N=N)=c1ccc(=c2ccc(=c3ccc(=C([N+]#N)c4c(C)cc(C(C)(C)C)cc4Br)c(Br)c3)s2)cc1Br. The van der Waals surface area contributed by atoms with E-state index in [-0.39, 0.29) is 10.8 Å². The molecule has 5 rings (SSSR count). The first-order chi connectivity index (χ1) is 22.9. The van der Waals surface area contributed by atoms with Crippen LogP contribution in [0.25, 0.3) is 16.4 Å². The Hall–Kier alpha value is -2.74. The number of halogens is 4. The molecule has 49 heavy (non-hydrogen) atoms. The molecule has 0 fully saturated rings. The molecule has 9 heteroatoms. The third-order valence-corrected chi connectivity index (χ3v) is 12.4. The van der Waals surface area contributed by atoms with Crippen LogP contribution in [0.1, 0.15) is 74.9 Å². The zero-order valence-electron chi connectivity index (χ0n) is 28.7. The minimum atomic E-state index is -0.00313. The van der Waals surface area contributed by atoms with E-state index in [1.807, 2.05) is 19.1 Å². The van der Waals surface area contributed by atoms with E-state index >= 15 is 0 Å². The maximum atomic E-state index is 10.2. The van der Waals surface area contributed by atoms with Crippen molar-refractivity contribution < 1.29 is 0 Å². The number of hydrogen-bond donors (Lipinski definition) is 1. The average molecular weight is 925 g/mol. The van der Waals surface area contributed by atoms with E-state index in [2.05, 4.69) is 183 Å². The Kier molecular flexibility index (Phi) is 11.1. The average Bonchev–Trinajstić information content (AvgIpc) is 3.51. The van der Waals surface area contributed by atoms with Crippen LogP contribution in [0.2, 0.25) is 0 Å². The monoisotopic (exact) mass is 921 g/mol. The topological polar surface area (TPSA) is 64.4 Å². The van der Waals surface area contributed by atoms with Gasteiger partial charge in [-0.3, -0.25) is 0 Å². The predicted molar refractivity (Wildman–Crippen MR) is 218 cm³/mol. The largest absolute Gasteiger partial charge is 0.401 e. The molecule has 0 spiro atoms. The minimum Gasteiger partial charge on any atom is -0.204 e. The van der Waals surface area contributed by atoms with E-state index < -0.39 is 0 Å². The Balaban J connectivity index is 1.65. The summed E-state index contributed by atoms with van der Waals surface area (Å²) in [5.41, 5.74) is 15.5. The van der Waals surface area contributed by atoms with Crippen molar-refractivity contribution in [3.63, 3.8) is 0 Å². The molecule has 1 N–H and O–H groups in total. The second-order valence-electron chi connectivity index (χ2n) is 14.3. The molecule has 5 aromatic rings. The van der Waals surface area contributed by atoms with Gasteiger partial charge in [0.2, 0.25) is 5.39 Å². The van der Waals surface area contributed by atoms with Gasteiger partial charge in [-0.1, -0.05) is 104 Å². The van der Waals surface area contributed by atoms with Crippen LogP contribution in [-0.2, 0) is 10.8 Å². The number of benzene rings is 4. The smallest absolute Gasteiger partial charge is 0.204 e. The first-order valence-corrected chi connectivity index (χ1v) is 19.7. The normalized spacial score (nSPS) is 14.7. The number of diazo groups is 1. The van der Waals surface area contributed by atoms with E-state index in [1.165, 1.54) is 11.1 Å². The molecule has 0 aliphatic heterocycles. The van der Waals surface area contributed by atoms with Gasteiger partial charge in [-0.2, -0.15) is 5.11 Å². The van der Waals surface area contributed by atoms with Gasteiger partial charge in [0.25, 0.3) is 0 Å². The van der Waals surface area contributed by atoms with Crippen molar-refractivity contribution >= 4 is 86.5 Å². The van der Waals surface area contributed by atoms with Crippen molar-refractivity contribution in [2.75, 3.05) is 0 Å². The van der Waals surface area contributed by atoms with Gasteiger partial charge >= 0.3 is 5.70 Å². The Morgan fingerprint density at radius 1 is 0.633 bits per heavy atom. The Bertz CT molecular complexity index is 2470. The fourth-order valence-corrected chi connectivity index (χ4v) is 9.44. The fourth-order valence-electron chi connectivity index (χ4n) is 5.81. The molecule has 0 radical (unpaired) electrons. The molecule has 0 unspecified atom stereocenters. The number of aryl methyl sites for hydroxylation is 2. The third-order valence-electron chi connectivity index (χ3n) is 8.62. The molecule has 0 aliphatic carbocycles. The second kappa shape index (κ2) is 14.5. The van der Waals surface area contributed by atoms with Crippen molar-refractivity contribution in [2.24, 2.45) is 5.11 Å². The first-order valence-electron chi connectivity index (χ1n) is 15.7. The summed E-state index contributed by atoms with van der Waals surface area (Å²) < 4.78 is 5.77. The van der Waals surface area contributed by atoms with Gasteiger partial charge in [0, 0.05) is 37.7 Å². The van der Waals surface area contributed by atoms with Gasteiger partial charge in [-0.05, 0) is 132 Å². The highest BCUT2D eigenvalue weighted by molar-refractivity contribution is 9.11. The van der Waals surface area contributed by atoms with E-state index in [0.717, 1.165) is 70.1 Å². The molecule has 1 aromatic heterocycles. The van der Waals surface area contributed by atoms with E-state index in [4.69, 9.17) is 5.53 Å². The maximum Gasteiger partial charge on any atom is 0.401 e. The number of rotatable bonds is 3. The van der Waals surface area contributed by atoms with Crippen LogP contribution in [0.3, 0.4) is 0 Å². The summed E-state index contributed by atoms with van der Waals surface area (Å²) in [4.78, 5) is 3.76. The molecule has 4 nitrogen and oxygen atoms in total. The van der Waals surface area contributed by atoms with Gasteiger partial charge < -0.3 is 0 Å². The van der Waals surface area contributed by atoms with Gasteiger partial charge in [0.15, 0.2) is 4.98 Å². The van der Waals surface area contributed by atoms with Crippen molar-refractivity contribution in [3.05, 3.63) is 159 Å². The van der Waals surface area contributed by atoms with Crippen LogP contribution in [0, 0.1) is 44.3 Å². The van der Waals surface area contributed by atoms with E-state index in [9.17, 15) is 5.39 Å². The quantitative estimate of drug-likeness (QED) is 0.142. The third kappa shape index (κ3) is 7.79. The van der Waals surface area contributed by atoms with Crippen molar-refractivity contribution in [3.8, 4) is 0 Å². The standard InChI is InChI=1S/C40H37Br4N4S/c1-21-15-25(39(3,4)5)19-31(43)35(21)37(47-45)27-11-9-23(17-29(27)41)33-13-14-34(49-33)24-10-12-28(30(42)18-24)38(48-46)36-22(2)16-26(20-32(36)44)40(6,7)8/h9-20,45H,1-8H3/q+1. The van der Waals surface area contributed by atoms with Crippen LogP contribution >= 0.6 is 75.1 Å². The summed E-state index contributed by atoms with van der Waals surface area (Å²) >= 11 is 16.8. The summed E-state index contributed by atoms with van der Waals surface area (Å²) in [6.07, 6.45) is 0. The lowest BCUT2D eigenvalue weighted by molar-refractivity contribution is 0.589. The molecule has 0 amide bonds. The van der Waals surface area contributed by atoms with Crippen molar-refractivity contribution in [1.29, 1.82) is 10.9 Å². The summed E-state index contributed by atoms with van der Waals surface area (Å²) in [5, 5.41) is 18.0. The summed E-state index contributed by atoms with van der Waals surface area (Å²) in [7, 11) is 0. The highest BCUT2D eigenvalue weighted by atomic mass is 79.9. The van der Waals surface area contributed by atoms with Gasteiger partial charge in [-0.15, -0.1) is 11.3 Å². The molecule has 0 bridgehead atoms. The maximum absolute atomic E-state index is 10.2. The number of nitrogens with one attached hydrogen (secondary N) is 1. The number of hydrogen-bond acceptors (Lipinski definition) is 4. The van der Waals surface area contributed by atoms with Crippen molar-refractivity contribution in [1.82, 2.24) is 0 Å². The predicted octanol–water partition coefficient (Wildman–Crippen LogP) is 12.8. The summed E-state index contributed by atoms with van der Waals surface area (Å²) in [6.45, 7) is 17.3. The van der Waals surface area contributed by atoms with Crippen LogP contribution in [-0.4, -0.2) is 0 Å². The van der Waals surface area contributed by atoms with E-state index in [0.29, 0.717) is 11.4 Å². The molecule has 250 valence electrons. The molecule has 1 heterocycles. The van der Waals surface area contributed by atoms with Crippen LogP contribution in [0.15, 0.2) is 95.8 Å². The Morgan fingerprint density at radius 3 is 1.47 bits per heavy atom. The fraction of sp³-hybridized carbons (Fsp3) is 0.250. The summed E-state index contributed by atoms with van der Waals surface area (Å²) in [6, 6.07) is 25.2. The molecular formula is C40H37Br4N4S+. The lowest BCUT2D eigenvalue weighted by Crippen LogP contribution is -2.13. The van der Waals surface area contributed by atoms with Gasteiger partial charge in [0.05, 0.1) is 10.8 Å². The molecule has 4 aromatic carbocycles. The van der Waals surface area contributed by atoms with Crippen LogP contribution in [0.5, 0.6) is 0 Å². The van der Waals surface area contributed by atoms with Crippen LogP contribution in [0.4, 0.5) is 0 Å². The Morgan fingerprint density at radius 2 is 1.08 bits per heavy atom. The van der Waals surface area contributed by atoms with E-state index in [1.54, 1.807) is 11.3 Å². The lowest BCUT2D eigenvalue weighted by atomic mass is 9.85. The molecular weight excluding hydrogens is 888 g/mol. The molecule has 0 atom stereocenters. The highest BCUT2D eigenvalue weighted by Crippen LogP contribution is 2.35. The second-order valence-corrected chi connectivity index (χ2v) is 18.8. The van der Waals surface area contributed by atoms with Crippen LogP contribution < -0.4 is 10.4 Å². The Labute approximate surface area is 325 Å². The zero-order valence-corrected chi connectivity index (χ0v) is 35.9. The highest BCUT2D eigenvalue weighted by Gasteiger charge is 2.26. The first kappa shape index (κ1) is 37.5. The molecule has 0 aliphatic rings. The van der Waals surface area contributed by atoms with Gasteiger partial charge in [-0.25, -0.2) is 5.53 Å². The number of thiophene rings is 1. The number of nitrogens with zero attached hydrogens (tertiary/aromatic N) is 3. The zero-order chi connectivity index (χ0) is 36.0. The minimum absolute atomic E-state index is 0.00313. The summed E-state index contributed by atoms with van der Waals surface area (Å²) in [5.74, 6) is 0. The van der Waals surface area contributed by atoms with Crippen molar-refractivity contribution in [2.45, 2.75) is 66.2 Å². The molecule has 0 saturated heterocycles. The lowest BCUT2D eigenvalue weighted by Gasteiger charge is -2.22. The molecule has 0 saturated carbocycles. The van der Waals surface area contributed by atoms with Gasteiger partial charge in [0.1, 0.15) is 5.70 Å².